The van der Waals surface area contributed by atoms with E-state index in [4.69, 9.17) is 11.6 Å². The van der Waals surface area contributed by atoms with Gasteiger partial charge >= 0.3 is 0 Å². The lowest BCUT2D eigenvalue weighted by molar-refractivity contribution is 0.517. The molecule has 0 aliphatic rings. The molecule has 2 rings (SSSR count). The molecule has 1 N–H and O–H groups in total. The van der Waals surface area contributed by atoms with Crippen LogP contribution in [0.5, 0.6) is 0 Å². The van der Waals surface area contributed by atoms with Gasteiger partial charge in [-0.2, -0.15) is 0 Å². The Kier molecular flexibility index (Phi) is 5.63. The van der Waals surface area contributed by atoms with Gasteiger partial charge in [-0.15, -0.1) is 0 Å². The molecule has 0 amide bonds. The van der Waals surface area contributed by atoms with Crippen molar-refractivity contribution in [2.75, 3.05) is 0 Å². The second-order valence-electron chi connectivity index (χ2n) is 5.02. The van der Waals surface area contributed by atoms with E-state index >= 15 is 0 Å². The zero-order valence-electron chi connectivity index (χ0n) is 12.2. The largest absolute Gasteiger partial charge is 0.306 e. The van der Waals surface area contributed by atoms with Crippen molar-refractivity contribution in [3.8, 4) is 0 Å². The van der Waals surface area contributed by atoms with E-state index in [0.29, 0.717) is 6.04 Å². The van der Waals surface area contributed by atoms with Gasteiger partial charge in [-0.05, 0) is 41.7 Å². The van der Waals surface area contributed by atoms with Gasteiger partial charge in [0.15, 0.2) is 0 Å². The van der Waals surface area contributed by atoms with Crippen molar-refractivity contribution in [2.45, 2.75) is 39.3 Å². The summed E-state index contributed by atoms with van der Waals surface area (Å²) in [4.78, 5) is 0. The zero-order valence-corrected chi connectivity index (χ0v) is 13.0. The number of hydrogen-bond acceptors (Lipinski definition) is 1. The third kappa shape index (κ3) is 3.84. The maximum atomic E-state index is 5.95. The van der Waals surface area contributed by atoms with Crippen LogP contribution >= 0.6 is 11.6 Å². The number of nitrogens with one attached hydrogen (secondary N) is 1. The second kappa shape index (κ2) is 7.47. The highest BCUT2D eigenvalue weighted by Crippen LogP contribution is 2.20. The highest BCUT2D eigenvalue weighted by molar-refractivity contribution is 6.30. The van der Waals surface area contributed by atoms with E-state index in [1.807, 2.05) is 12.1 Å². The van der Waals surface area contributed by atoms with Gasteiger partial charge in [-0.25, -0.2) is 0 Å². The van der Waals surface area contributed by atoms with Crippen LogP contribution in [0.3, 0.4) is 0 Å². The van der Waals surface area contributed by atoms with Gasteiger partial charge in [-0.3, -0.25) is 0 Å². The smallest absolute Gasteiger partial charge is 0.0406 e. The van der Waals surface area contributed by atoms with Crippen LogP contribution in [0.25, 0.3) is 0 Å². The lowest BCUT2D eigenvalue weighted by atomic mass is 10.0. The van der Waals surface area contributed by atoms with Crippen molar-refractivity contribution >= 4 is 11.6 Å². The van der Waals surface area contributed by atoms with E-state index in [1.54, 1.807) is 0 Å². The molecule has 0 aliphatic carbocycles. The SMILES string of the molecule is CCc1ccccc1CNC(CC)c1ccc(Cl)cc1. The minimum absolute atomic E-state index is 0.372. The first kappa shape index (κ1) is 15.1. The topological polar surface area (TPSA) is 12.0 Å². The van der Waals surface area contributed by atoms with Crippen LogP contribution in [0.1, 0.15) is 43.0 Å². The molecule has 1 unspecified atom stereocenters. The molecule has 2 heteroatoms. The summed E-state index contributed by atoms with van der Waals surface area (Å²) >= 11 is 5.95. The van der Waals surface area contributed by atoms with Crippen LogP contribution in [-0.2, 0) is 13.0 Å². The van der Waals surface area contributed by atoms with Gasteiger partial charge in [0.1, 0.15) is 0 Å². The summed E-state index contributed by atoms with van der Waals surface area (Å²) in [7, 11) is 0. The van der Waals surface area contributed by atoms with Gasteiger partial charge in [0.25, 0.3) is 0 Å². The van der Waals surface area contributed by atoms with E-state index in [2.05, 4.69) is 55.6 Å². The Morgan fingerprint density at radius 3 is 2.20 bits per heavy atom. The van der Waals surface area contributed by atoms with Crippen LogP contribution < -0.4 is 5.32 Å². The van der Waals surface area contributed by atoms with Crippen LogP contribution in [0, 0.1) is 0 Å². The molecule has 0 saturated carbocycles. The molecule has 1 atom stereocenters. The van der Waals surface area contributed by atoms with E-state index in [-0.39, 0.29) is 0 Å². The summed E-state index contributed by atoms with van der Waals surface area (Å²) in [6.07, 6.45) is 2.14. The monoisotopic (exact) mass is 287 g/mol. The average molecular weight is 288 g/mol. The molecule has 0 aliphatic heterocycles. The molecule has 106 valence electrons. The Hall–Kier alpha value is -1.31. The first-order valence-electron chi connectivity index (χ1n) is 7.30. The first-order valence-corrected chi connectivity index (χ1v) is 7.68. The van der Waals surface area contributed by atoms with Crippen molar-refractivity contribution in [3.05, 3.63) is 70.2 Å². The van der Waals surface area contributed by atoms with Crippen LogP contribution in [-0.4, -0.2) is 0 Å². The normalized spacial score (nSPS) is 12.3. The highest BCUT2D eigenvalue weighted by atomic mass is 35.5. The maximum Gasteiger partial charge on any atom is 0.0406 e. The minimum Gasteiger partial charge on any atom is -0.306 e. The third-order valence-electron chi connectivity index (χ3n) is 3.72. The summed E-state index contributed by atoms with van der Waals surface area (Å²) in [5.74, 6) is 0. The van der Waals surface area contributed by atoms with Crippen LogP contribution in [0.2, 0.25) is 5.02 Å². The number of hydrogen-bond donors (Lipinski definition) is 1. The molecule has 1 nitrogen and oxygen atoms in total. The van der Waals surface area contributed by atoms with Gasteiger partial charge in [0.05, 0.1) is 0 Å². The minimum atomic E-state index is 0.372. The number of rotatable bonds is 6. The Bertz CT molecular complexity index is 533. The molecule has 2 aromatic carbocycles. The Labute approximate surface area is 127 Å². The number of halogens is 1. The van der Waals surface area contributed by atoms with Crippen molar-refractivity contribution in [2.24, 2.45) is 0 Å². The van der Waals surface area contributed by atoms with Gasteiger partial charge in [0.2, 0.25) is 0 Å². The molecule has 20 heavy (non-hydrogen) atoms. The zero-order chi connectivity index (χ0) is 14.4. The van der Waals surface area contributed by atoms with Crippen LogP contribution in [0.4, 0.5) is 0 Å². The fourth-order valence-electron chi connectivity index (χ4n) is 2.50. The Morgan fingerprint density at radius 2 is 1.60 bits per heavy atom. The molecule has 0 saturated heterocycles. The standard InChI is InChI=1S/C18H22ClN/c1-3-14-7-5-6-8-16(14)13-20-18(4-2)15-9-11-17(19)12-10-15/h5-12,18,20H,3-4,13H2,1-2H3. The van der Waals surface area contributed by atoms with Gasteiger partial charge < -0.3 is 5.32 Å². The summed E-state index contributed by atoms with van der Waals surface area (Å²) in [6, 6.07) is 17.1. The highest BCUT2D eigenvalue weighted by Gasteiger charge is 2.09. The molecular weight excluding hydrogens is 266 g/mol. The van der Waals surface area contributed by atoms with Gasteiger partial charge in [0, 0.05) is 17.6 Å². The summed E-state index contributed by atoms with van der Waals surface area (Å²) in [6.45, 7) is 5.32. The molecule has 0 radical (unpaired) electrons. The quantitative estimate of drug-likeness (QED) is 0.775. The lowest BCUT2D eigenvalue weighted by Gasteiger charge is -2.18. The lowest BCUT2D eigenvalue weighted by Crippen LogP contribution is -2.20. The molecular formula is C18H22ClN. The summed E-state index contributed by atoms with van der Waals surface area (Å²) < 4.78 is 0. The van der Waals surface area contributed by atoms with E-state index in [1.165, 1.54) is 16.7 Å². The fourth-order valence-corrected chi connectivity index (χ4v) is 2.63. The van der Waals surface area contributed by atoms with E-state index in [9.17, 15) is 0 Å². The molecule has 0 fully saturated rings. The summed E-state index contributed by atoms with van der Waals surface area (Å²) in [5, 5.41) is 4.44. The number of benzene rings is 2. The van der Waals surface area contributed by atoms with Crippen molar-refractivity contribution < 1.29 is 0 Å². The maximum absolute atomic E-state index is 5.95. The predicted molar refractivity (Wildman–Crippen MR) is 87.1 cm³/mol. The Morgan fingerprint density at radius 1 is 0.950 bits per heavy atom. The molecule has 0 bridgehead atoms. The summed E-state index contributed by atoms with van der Waals surface area (Å²) in [5.41, 5.74) is 4.11. The third-order valence-corrected chi connectivity index (χ3v) is 3.97. The Balaban J connectivity index is 2.05. The fraction of sp³-hybridized carbons (Fsp3) is 0.333. The van der Waals surface area contributed by atoms with Crippen molar-refractivity contribution in [3.63, 3.8) is 0 Å². The first-order chi connectivity index (χ1) is 9.74. The molecule has 0 heterocycles. The van der Waals surface area contributed by atoms with Crippen LogP contribution in [0.15, 0.2) is 48.5 Å². The number of aryl methyl sites for hydroxylation is 1. The van der Waals surface area contributed by atoms with Crippen molar-refractivity contribution in [1.82, 2.24) is 5.32 Å². The average Bonchev–Trinajstić information content (AvgIpc) is 2.50. The van der Waals surface area contributed by atoms with Gasteiger partial charge in [-0.1, -0.05) is 61.8 Å². The molecule has 0 aromatic heterocycles. The van der Waals surface area contributed by atoms with E-state index in [0.717, 1.165) is 24.4 Å². The second-order valence-corrected chi connectivity index (χ2v) is 5.45. The van der Waals surface area contributed by atoms with E-state index < -0.39 is 0 Å². The predicted octanol–water partition coefficient (Wildman–Crippen LogP) is 5.14. The molecule has 2 aromatic rings. The molecule has 0 spiro atoms. The van der Waals surface area contributed by atoms with Crippen molar-refractivity contribution in [1.29, 1.82) is 0 Å².